The molecule has 80 valence electrons. The van der Waals surface area contributed by atoms with Gasteiger partial charge in [0.1, 0.15) is 0 Å². The highest BCUT2D eigenvalue weighted by Gasteiger charge is 2.19. The third kappa shape index (κ3) is 1.88. The Kier molecular flexibility index (Phi) is 3.02. The normalized spacial score (nSPS) is 21.2. The predicted octanol–water partition coefficient (Wildman–Crippen LogP) is 2.87. The summed E-state index contributed by atoms with van der Waals surface area (Å²) < 4.78 is 7.59. The van der Waals surface area contributed by atoms with E-state index in [0.717, 1.165) is 30.7 Å². The molecule has 0 amide bonds. The van der Waals surface area contributed by atoms with E-state index >= 15 is 0 Å². The molecule has 1 atom stereocenters. The van der Waals surface area contributed by atoms with Gasteiger partial charge in [-0.2, -0.15) is 5.10 Å². The minimum atomic E-state index is 0.0699. The summed E-state index contributed by atoms with van der Waals surface area (Å²) in [6.45, 7) is 8.38. The maximum absolute atomic E-state index is 5.68. The maximum Gasteiger partial charge on any atom is 0.150 e. The van der Waals surface area contributed by atoms with Gasteiger partial charge in [-0.25, -0.2) is 4.68 Å². The van der Waals surface area contributed by atoms with Crippen molar-refractivity contribution in [2.75, 3.05) is 6.61 Å². The van der Waals surface area contributed by atoms with E-state index in [2.05, 4.69) is 18.3 Å². The van der Waals surface area contributed by atoms with Crippen molar-refractivity contribution in [2.24, 2.45) is 0 Å². The monoisotopic (exact) mass is 204 g/mol. The van der Waals surface area contributed by atoms with Crippen molar-refractivity contribution >= 4 is 12.2 Å². The standard InChI is InChI=1S/C12H16N2O/c1-3-10-9-13-14(11(10)4-2)12-7-5-6-8-15-12/h3-4,9,12H,1-2,5-8H2. The summed E-state index contributed by atoms with van der Waals surface area (Å²) in [5.74, 6) is 0. The van der Waals surface area contributed by atoms with Crippen LogP contribution in [0.2, 0.25) is 0 Å². The van der Waals surface area contributed by atoms with Gasteiger partial charge in [0.15, 0.2) is 6.23 Å². The highest BCUT2D eigenvalue weighted by molar-refractivity contribution is 5.60. The van der Waals surface area contributed by atoms with Crippen LogP contribution in [0.3, 0.4) is 0 Å². The van der Waals surface area contributed by atoms with Gasteiger partial charge in [-0.05, 0) is 25.3 Å². The molecule has 3 nitrogen and oxygen atoms in total. The van der Waals surface area contributed by atoms with Crippen LogP contribution in [0, 0.1) is 0 Å². The van der Waals surface area contributed by atoms with Crippen LogP contribution in [-0.2, 0) is 4.74 Å². The van der Waals surface area contributed by atoms with E-state index in [1.54, 1.807) is 6.08 Å². The maximum atomic E-state index is 5.68. The lowest BCUT2D eigenvalue weighted by Gasteiger charge is -2.24. The Morgan fingerprint density at radius 2 is 2.27 bits per heavy atom. The molecule has 15 heavy (non-hydrogen) atoms. The zero-order valence-electron chi connectivity index (χ0n) is 8.85. The molecule has 0 spiro atoms. The Labute approximate surface area is 90.1 Å². The fourth-order valence-electron chi connectivity index (χ4n) is 1.90. The molecule has 2 rings (SSSR count). The molecule has 0 N–H and O–H groups in total. The molecule has 1 aromatic rings. The highest BCUT2D eigenvalue weighted by atomic mass is 16.5. The zero-order valence-corrected chi connectivity index (χ0v) is 8.85. The molecule has 1 aromatic heterocycles. The van der Waals surface area contributed by atoms with Gasteiger partial charge >= 0.3 is 0 Å². The Morgan fingerprint density at radius 3 is 2.87 bits per heavy atom. The topological polar surface area (TPSA) is 27.1 Å². The van der Waals surface area contributed by atoms with Crippen molar-refractivity contribution in [3.63, 3.8) is 0 Å². The average Bonchev–Trinajstić information content (AvgIpc) is 2.72. The number of hydrogen-bond donors (Lipinski definition) is 0. The van der Waals surface area contributed by atoms with Gasteiger partial charge in [0, 0.05) is 12.2 Å². The third-order valence-corrected chi connectivity index (χ3v) is 2.71. The quantitative estimate of drug-likeness (QED) is 0.757. The average molecular weight is 204 g/mol. The third-order valence-electron chi connectivity index (χ3n) is 2.71. The van der Waals surface area contributed by atoms with Gasteiger partial charge in [-0.1, -0.05) is 19.2 Å². The van der Waals surface area contributed by atoms with Crippen molar-refractivity contribution in [1.29, 1.82) is 0 Å². The fourth-order valence-corrected chi connectivity index (χ4v) is 1.90. The first-order valence-corrected chi connectivity index (χ1v) is 5.31. The molecular weight excluding hydrogens is 188 g/mol. The van der Waals surface area contributed by atoms with Crippen molar-refractivity contribution in [2.45, 2.75) is 25.5 Å². The van der Waals surface area contributed by atoms with E-state index in [-0.39, 0.29) is 6.23 Å². The fraction of sp³-hybridized carbons (Fsp3) is 0.417. The second-order valence-corrected chi connectivity index (χ2v) is 3.66. The number of aromatic nitrogens is 2. The minimum absolute atomic E-state index is 0.0699. The summed E-state index contributed by atoms with van der Waals surface area (Å²) in [7, 11) is 0. The Bertz CT molecular complexity index is 362. The van der Waals surface area contributed by atoms with Crippen LogP contribution < -0.4 is 0 Å². The predicted molar refractivity (Wildman–Crippen MR) is 61.2 cm³/mol. The minimum Gasteiger partial charge on any atom is -0.356 e. The number of hydrogen-bond acceptors (Lipinski definition) is 2. The molecular formula is C12H16N2O. The van der Waals surface area contributed by atoms with Gasteiger partial charge < -0.3 is 4.74 Å². The number of ether oxygens (including phenoxy) is 1. The largest absolute Gasteiger partial charge is 0.356 e. The van der Waals surface area contributed by atoms with Gasteiger partial charge in [0.05, 0.1) is 11.9 Å². The first-order chi connectivity index (χ1) is 7.36. The van der Waals surface area contributed by atoms with E-state index in [0.29, 0.717) is 0 Å². The molecule has 1 fully saturated rings. The summed E-state index contributed by atoms with van der Waals surface area (Å²) in [5.41, 5.74) is 2.01. The van der Waals surface area contributed by atoms with Crippen LogP contribution in [0.5, 0.6) is 0 Å². The van der Waals surface area contributed by atoms with Crippen LogP contribution in [-0.4, -0.2) is 16.4 Å². The summed E-state index contributed by atoms with van der Waals surface area (Å²) in [6, 6.07) is 0. The van der Waals surface area contributed by atoms with E-state index in [1.165, 1.54) is 6.42 Å². The Hall–Kier alpha value is -1.35. The van der Waals surface area contributed by atoms with Crippen molar-refractivity contribution < 1.29 is 4.74 Å². The second-order valence-electron chi connectivity index (χ2n) is 3.66. The van der Waals surface area contributed by atoms with Crippen molar-refractivity contribution in [3.8, 4) is 0 Å². The van der Waals surface area contributed by atoms with E-state index in [9.17, 15) is 0 Å². The SMILES string of the molecule is C=Cc1cnn(C2CCCCO2)c1C=C. The summed E-state index contributed by atoms with van der Waals surface area (Å²) in [5, 5.41) is 4.33. The van der Waals surface area contributed by atoms with Crippen LogP contribution in [0.25, 0.3) is 12.2 Å². The van der Waals surface area contributed by atoms with E-state index in [4.69, 9.17) is 4.74 Å². The molecule has 0 aromatic carbocycles. The van der Waals surface area contributed by atoms with Crippen LogP contribution in [0.4, 0.5) is 0 Å². The smallest absolute Gasteiger partial charge is 0.150 e. The van der Waals surface area contributed by atoms with Crippen molar-refractivity contribution in [1.82, 2.24) is 9.78 Å². The van der Waals surface area contributed by atoms with E-state index in [1.807, 2.05) is 17.0 Å². The van der Waals surface area contributed by atoms with Crippen LogP contribution >= 0.6 is 0 Å². The van der Waals surface area contributed by atoms with Crippen LogP contribution in [0.1, 0.15) is 36.7 Å². The van der Waals surface area contributed by atoms with Gasteiger partial charge in [0.2, 0.25) is 0 Å². The lowest BCUT2D eigenvalue weighted by Crippen LogP contribution is -2.20. The Morgan fingerprint density at radius 1 is 1.40 bits per heavy atom. The Balaban J connectivity index is 2.29. The first kappa shape index (κ1) is 10.2. The van der Waals surface area contributed by atoms with Crippen molar-refractivity contribution in [3.05, 3.63) is 30.6 Å². The molecule has 1 unspecified atom stereocenters. The lowest BCUT2D eigenvalue weighted by atomic mass is 10.2. The molecule has 0 saturated carbocycles. The number of nitrogens with zero attached hydrogens (tertiary/aromatic N) is 2. The molecule has 2 heterocycles. The highest BCUT2D eigenvalue weighted by Crippen LogP contribution is 2.25. The molecule has 1 saturated heterocycles. The summed E-state index contributed by atoms with van der Waals surface area (Å²) in [6.07, 6.45) is 8.85. The van der Waals surface area contributed by atoms with Gasteiger partial charge in [0.25, 0.3) is 0 Å². The molecule has 1 aliphatic heterocycles. The molecule has 0 radical (unpaired) electrons. The van der Waals surface area contributed by atoms with Crippen LogP contribution in [0.15, 0.2) is 19.4 Å². The van der Waals surface area contributed by atoms with E-state index < -0.39 is 0 Å². The zero-order chi connectivity index (χ0) is 10.7. The molecule has 1 aliphatic rings. The summed E-state index contributed by atoms with van der Waals surface area (Å²) >= 11 is 0. The lowest BCUT2D eigenvalue weighted by molar-refractivity contribution is -0.0398. The number of rotatable bonds is 3. The molecule has 0 bridgehead atoms. The summed E-state index contributed by atoms with van der Waals surface area (Å²) in [4.78, 5) is 0. The molecule has 3 heteroatoms. The van der Waals surface area contributed by atoms with Gasteiger partial charge in [-0.3, -0.25) is 0 Å². The second kappa shape index (κ2) is 4.45. The van der Waals surface area contributed by atoms with Gasteiger partial charge in [-0.15, -0.1) is 0 Å². The first-order valence-electron chi connectivity index (χ1n) is 5.31. The molecule has 0 aliphatic carbocycles.